The second-order valence-corrected chi connectivity index (χ2v) is 3.41. The zero-order valence-corrected chi connectivity index (χ0v) is 8.64. The standard InChI is InChI=1S/C9H11BrFNO/c10-9-7(6-12-4-5-13)2-1-3-8(9)11/h1-3,12-13H,4-6H2. The first-order valence-corrected chi connectivity index (χ1v) is 4.79. The molecule has 2 nitrogen and oxygen atoms in total. The predicted molar refractivity (Wildman–Crippen MR) is 52.9 cm³/mol. The van der Waals surface area contributed by atoms with Crippen molar-refractivity contribution in [1.82, 2.24) is 5.32 Å². The molecule has 0 heterocycles. The quantitative estimate of drug-likeness (QED) is 0.794. The van der Waals surface area contributed by atoms with Gasteiger partial charge in [0.25, 0.3) is 0 Å². The summed E-state index contributed by atoms with van der Waals surface area (Å²) in [5, 5.41) is 11.5. The lowest BCUT2D eigenvalue weighted by Crippen LogP contribution is -2.17. The van der Waals surface area contributed by atoms with Gasteiger partial charge in [0.05, 0.1) is 11.1 Å². The molecule has 2 N–H and O–H groups in total. The summed E-state index contributed by atoms with van der Waals surface area (Å²) < 4.78 is 13.5. The molecule has 0 amide bonds. The fourth-order valence-corrected chi connectivity index (χ4v) is 1.39. The summed E-state index contributed by atoms with van der Waals surface area (Å²) in [5.74, 6) is -0.261. The average molecular weight is 248 g/mol. The third-order valence-corrected chi connectivity index (χ3v) is 2.52. The van der Waals surface area contributed by atoms with E-state index in [9.17, 15) is 4.39 Å². The topological polar surface area (TPSA) is 32.3 Å². The smallest absolute Gasteiger partial charge is 0.137 e. The molecular formula is C9H11BrFNO. The maximum absolute atomic E-state index is 13.0. The number of halogens is 2. The maximum Gasteiger partial charge on any atom is 0.137 e. The number of hydrogen-bond acceptors (Lipinski definition) is 2. The van der Waals surface area contributed by atoms with Gasteiger partial charge in [-0.15, -0.1) is 0 Å². The third-order valence-electron chi connectivity index (χ3n) is 1.64. The maximum atomic E-state index is 13.0. The Labute approximate surface area is 84.9 Å². The van der Waals surface area contributed by atoms with Crippen molar-refractivity contribution in [3.63, 3.8) is 0 Å². The van der Waals surface area contributed by atoms with Crippen LogP contribution in [0.1, 0.15) is 5.56 Å². The van der Waals surface area contributed by atoms with Crippen LogP contribution in [0.2, 0.25) is 0 Å². The van der Waals surface area contributed by atoms with Crippen LogP contribution in [0.25, 0.3) is 0 Å². The van der Waals surface area contributed by atoms with E-state index in [-0.39, 0.29) is 12.4 Å². The Hall–Kier alpha value is -0.450. The summed E-state index contributed by atoms with van der Waals surface area (Å²) in [6.07, 6.45) is 0. The van der Waals surface area contributed by atoms with Crippen molar-refractivity contribution in [2.75, 3.05) is 13.2 Å². The van der Waals surface area contributed by atoms with Gasteiger partial charge in [-0.3, -0.25) is 0 Å². The molecule has 0 unspecified atom stereocenters. The molecule has 1 aromatic carbocycles. The molecule has 0 atom stereocenters. The zero-order chi connectivity index (χ0) is 9.68. The van der Waals surface area contributed by atoms with E-state index in [2.05, 4.69) is 21.2 Å². The number of rotatable bonds is 4. The van der Waals surface area contributed by atoms with Crippen molar-refractivity contribution < 1.29 is 9.50 Å². The summed E-state index contributed by atoms with van der Waals surface area (Å²) >= 11 is 3.15. The predicted octanol–water partition coefficient (Wildman–Crippen LogP) is 1.67. The Morgan fingerprint density at radius 2 is 2.23 bits per heavy atom. The highest BCUT2D eigenvalue weighted by molar-refractivity contribution is 9.10. The molecule has 0 fully saturated rings. The van der Waals surface area contributed by atoms with Crippen LogP contribution < -0.4 is 5.32 Å². The van der Waals surface area contributed by atoms with Crippen molar-refractivity contribution in [3.05, 3.63) is 34.1 Å². The van der Waals surface area contributed by atoms with Gasteiger partial charge in [-0.25, -0.2) is 4.39 Å². The molecule has 13 heavy (non-hydrogen) atoms. The molecule has 0 aliphatic rings. The zero-order valence-electron chi connectivity index (χ0n) is 7.06. The first-order valence-electron chi connectivity index (χ1n) is 4.00. The van der Waals surface area contributed by atoms with Crippen LogP contribution in [0.4, 0.5) is 4.39 Å². The monoisotopic (exact) mass is 247 g/mol. The van der Waals surface area contributed by atoms with Crippen molar-refractivity contribution >= 4 is 15.9 Å². The van der Waals surface area contributed by atoms with Crippen LogP contribution in [0.5, 0.6) is 0 Å². The highest BCUT2D eigenvalue weighted by atomic mass is 79.9. The lowest BCUT2D eigenvalue weighted by Gasteiger charge is -2.05. The second kappa shape index (κ2) is 5.32. The highest BCUT2D eigenvalue weighted by Crippen LogP contribution is 2.19. The molecule has 0 aliphatic carbocycles. The van der Waals surface area contributed by atoms with Gasteiger partial charge >= 0.3 is 0 Å². The molecule has 0 aromatic heterocycles. The van der Waals surface area contributed by atoms with E-state index in [1.165, 1.54) is 6.07 Å². The minimum atomic E-state index is -0.261. The number of aliphatic hydroxyl groups is 1. The van der Waals surface area contributed by atoms with Crippen LogP contribution in [0, 0.1) is 5.82 Å². The van der Waals surface area contributed by atoms with Crippen molar-refractivity contribution in [2.24, 2.45) is 0 Å². The van der Waals surface area contributed by atoms with Crippen LogP contribution in [-0.2, 0) is 6.54 Å². The number of aliphatic hydroxyl groups excluding tert-OH is 1. The summed E-state index contributed by atoms with van der Waals surface area (Å²) in [6.45, 7) is 1.16. The van der Waals surface area contributed by atoms with E-state index >= 15 is 0 Å². The Kier molecular flexibility index (Phi) is 4.35. The van der Waals surface area contributed by atoms with Gasteiger partial charge in [-0.05, 0) is 27.6 Å². The molecule has 4 heteroatoms. The second-order valence-electron chi connectivity index (χ2n) is 2.61. The summed E-state index contributed by atoms with van der Waals surface area (Å²) in [6, 6.07) is 4.90. The first-order chi connectivity index (χ1) is 6.25. The molecule has 0 saturated carbocycles. The van der Waals surface area contributed by atoms with Gasteiger partial charge in [-0.1, -0.05) is 12.1 Å². The van der Waals surface area contributed by atoms with Gasteiger partial charge in [0.1, 0.15) is 5.82 Å². The van der Waals surface area contributed by atoms with Gasteiger partial charge in [0.2, 0.25) is 0 Å². The molecule has 0 aliphatic heterocycles. The molecule has 0 spiro atoms. The number of nitrogens with one attached hydrogen (secondary N) is 1. The van der Waals surface area contributed by atoms with E-state index in [4.69, 9.17) is 5.11 Å². The minimum absolute atomic E-state index is 0.0902. The van der Waals surface area contributed by atoms with E-state index in [1.54, 1.807) is 6.07 Å². The largest absolute Gasteiger partial charge is 0.395 e. The van der Waals surface area contributed by atoms with Gasteiger partial charge in [0, 0.05) is 13.1 Å². The lowest BCUT2D eigenvalue weighted by molar-refractivity contribution is 0.292. The molecule has 1 rings (SSSR count). The first kappa shape index (κ1) is 10.6. The van der Waals surface area contributed by atoms with Gasteiger partial charge in [-0.2, -0.15) is 0 Å². The van der Waals surface area contributed by atoms with Crippen LogP contribution in [0.3, 0.4) is 0 Å². The van der Waals surface area contributed by atoms with E-state index in [0.29, 0.717) is 17.6 Å². The molecular weight excluding hydrogens is 237 g/mol. The van der Waals surface area contributed by atoms with Crippen molar-refractivity contribution in [1.29, 1.82) is 0 Å². The Bertz CT molecular complexity index is 280. The SMILES string of the molecule is OCCNCc1cccc(F)c1Br. The van der Waals surface area contributed by atoms with Gasteiger partial charge < -0.3 is 10.4 Å². The van der Waals surface area contributed by atoms with Crippen molar-refractivity contribution in [3.8, 4) is 0 Å². The van der Waals surface area contributed by atoms with Gasteiger partial charge in [0.15, 0.2) is 0 Å². The minimum Gasteiger partial charge on any atom is -0.395 e. The van der Waals surface area contributed by atoms with Crippen LogP contribution in [0.15, 0.2) is 22.7 Å². The van der Waals surface area contributed by atoms with Crippen molar-refractivity contribution in [2.45, 2.75) is 6.54 Å². The van der Waals surface area contributed by atoms with Crippen LogP contribution >= 0.6 is 15.9 Å². The normalized spacial score (nSPS) is 10.4. The summed E-state index contributed by atoms with van der Waals surface area (Å²) in [7, 11) is 0. The fraction of sp³-hybridized carbons (Fsp3) is 0.333. The molecule has 0 bridgehead atoms. The molecule has 1 aromatic rings. The number of benzene rings is 1. The third kappa shape index (κ3) is 3.06. The average Bonchev–Trinajstić information content (AvgIpc) is 2.13. The van der Waals surface area contributed by atoms with E-state index in [0.717, 1.165) is 5.56 Å². The molecule has 0 saturated heterocycles. The van der Waals surface area contributed by atoms with Crippen LogP contribution in [-0.4, -0.2) is 18.3 Å². The number of hydrogen-bond donors (Lipinski definition) is 2. The lowest BCUT2D eigenvalue weighted by atomic mass is 10.2. The summed E-state index contributed by atoms with van der Waals surface area (Å²) in [4.78, 5) is 0. The Morgan fingerprint density at radius 1 is 1.46 bits per heavy atom. The fourth-order valence-electron chi connectivity index (χ4n) is 0.987. The Balaban J connectivity index is 2.61. The molecule has 0 radical (unpaired) electrons. The van der Waals surface area contributed by atoms with E-state index < -0.39 is 0 Å². The molecule has 72 valence electrons. The Morgan fingerprint density at radius 3 is 2.92 bits per heavy atom. The highest BCUT2D eigenvalue weighted by Gasteiger charge is 2.03. The summed E-state index contributed by atoms with van der Waals surface area (Å²) in [5.41, 5.74) is 0.855. The van der Waals surface area contributed by atoms with E-state index in [1.807, 2.05) is 6.07 Å².